The number of ether oxygens (including phenoxy) is 4. The number of H-pyrrole nitrogens is 1. The summed E-state index contributed by atoms with van der Waals surface area (Å²) in [5, 5.41) is 10.6. The molecule has 0 atom stereocenters. The van der Waals surface area contributed by atoms with Crippen molar-refractivity contribution in [2.24, 2.45) is 0 Å². The number of benzene rings is 1. The van der Waals surface area contributed by atoms with Crippen LogP contribution in [0.3, 0.4) is 0 Å². The fourth-order valence-corrected chi connectivity index (χ4v) is 4.46. The van der Waals surface area contributed by atoms with Crippen molar-refractivity contribution in [1.82, 2.24) is 9.55 Å². The van der Waals surface area contributed by atoms with Gasteiger partial charge in [0.2, 0.25) is 0 Å². The second kappa shape index (κ2) is 11.9. The summed E-state index contributed by atoms with van der Waals surface area (Å²) in [6, 6.07) is 4.54. The molecule has 3 rings (SSSR count). The summed E-state index contributed by atoms with van der Waals surface area (Å²) in [6.45, 7) is 18.9. The zero-order valence-electron chi connectivity index (χ0n) is 27.6. The molecule has 1 aromatic carbocycles. The second-order valence-electron chi connectivity index (χ2n) is 13.5. The van der Waals surface area contributed by atoms with Gasteiger partial charge in [0.15, 0.2) is 17.4 Å². The average Bonchev–Trinajstić information content (AvgIpc) is 3.11. The van der Waals surface area contributed by atoms with Crippen molar-refractivity contribution in [3.8, 4) is 17.5 Å². The van der Waals surface area contributed by atoms with Gasteiger partial charge in [0.05, 0.1) is 5.69 Å². The molecular weight excluding hydrogens is 587 g/mol. The van der Waals surface area contributed by atoms with Crippen LogP contribution in [0.15, 0.2) is 16.9 Å². The van der Waals surface area contributed by atoms with Crippen molar-refractivity contribution in [2.75, 3.05) is 4.90 Å². The Kier molecular flexibility index (Phi) is 9.17. The molecule has 0 saturated carbocycles. The maximum absolute atomic E-state index is 15.4. The van der Waals surface area contributed by atoms with Crippen molar-refractivity contribution >= 4 is 35.2 Å². The van der Waals surface area contributed by atoms with Crippen LogP contribution in [0, 0.1) is 37.9 Å². The van der Waals surface area contributed by atoms with Gasteiger partial charge >= 0.3 is 18.3 Å². The van der Waals surface area contributed by atoms with E-state index in [4.69, 9.17) is 18.9 Å². The largest absolute Gasteiger partial charge is 0.514 e. The predicted molar refractivity (Wildman–Crippen MR) is 165 cm³/mol. The molecule has 1 N–H and O–H groups in total. The van der Waals surface area contributed by atoms with E-state index in [1.807, 2.05) is 6.07 Å². The molecule has 45 heavy (non-hydrogen) atoms. The van der Waals surface area contributed by atoms with Crippen molar-refractivity contribution in [3.05, 3.63) is 50.6 Å². The summed E-state index contributed by atoms with van der Waals surface area (Å²) >= 11 is 0. The quantitative estimate of drug-likeness (QED) is 0.180. The van der Waals surface area contributed by atoms with Crippen molar-refractivity contribution < 1.29 is 37.7 Å². The third-order valence-electron chi connectivity index (χ3n) is 6.04. The summed E-state index contributed by atoms with van der Waals surface area (Å²) in [5.74, 6) is -1.76. The highest BCUT2D eigenvalue weighted by atomic mass is 19.1. The molecule has 242 valence electrons. The molecule has 0 aliphatic heterocycles. The van der Waals surface area contributed by atoms with E-state index in [1.165, 1.54) is 31.4 Å². The summed E-state index contributed by atoms with van der Waals surface area (Å²) < 4.78 is 38.3. The van der Waals surface area contributed by atoms with Gasteiger partial charge in [-0.05, 0) is 101 Å². The van der Waals surface area contributed by atoms with Crippen molar-refractivity contribution in [1.29, 1.82) is 5.26 Å². The molecule has 12 nitrogen and oxygen atoms in total. The lowest BCUT2D eigenvalue weighted by atomic mass is 10.1. The van der Waals surface area contributed by atoms with E-state index in [0.717, 1.165) is 6.07 Å². The van der Waals surface area contributed by atoms with Gasteiger partial charge in [-0.3, -0.25) is 9.36 Å². The number of nitriles is 1. The maximum atomic E-state index is 15.4. The highest BCUT2D eigenvalue weighted by Gasteiger charge is 2.39. The van der Waals surface area contributed by atoms with Crippen LogP contribution in [-0.2, 0) is 14.2 Å². The normalized spacial score (nSPS) is 12.0. The van der Waals surface area contributed by atoms with E-state index in [2.05, 4.69) is 4.98 Å². The van der Waals surface area contributed by atoms with Crippen LogP contribution in [0.2, 0.25) is 0 Å². The number of rotatable bonds is 3. The molecule has 0 spiro atoms. The number of carbonyl (C=O) groups is 3. The fourth-order valence-electron chi connectivity index (χ4n) is 4.46. The minimum Gasteiger partial charge on any atom is -0.443 e. The van der Waals surface area contributed by atoms with Gasteiger partial charge in [-0.25, -0.2) is 18.8 Å². The molecule has 0 aliphatic carbocycles. The highest BCUT2D eigenvalue weighted by molar-refractivity contribution is 6.12. The van der Waals surface area contributed by atoms with Gasteiger partial charge in [0.25, 0.3) is 5.56 Å². The number of anilines is 1. The molecule has 3 aromatic rings. The van der Waals surface area contributed by atoms with Crippen LogP contribution in [0.5, 0.6) is 5.75 Å². The molecule has 0 saturated heterocycles. The third kappa shape index (κ3) is 7.63. The lowest BCUT2D eigenvalue weighted by Crippen LogP contribution is -2.45. The standard InChI is InChI=1S/C32H39FN4O8/c1-16-14-21(33)23(42-29(41)45-32(10,11)12)18(3)22(16)36-24-19(13-17(2)25(38)35-24)20(15-34)26(36)37(27(39)43-30(4,5)6)28(40)44-31(7,8)9/h13-14H,1-12H3,(H,35,38). The third-order valence-corrected chi connectivity index (χ3v) is 6.04. The van der Waals surface area contributed by atoms with Crippen LogP contribution in [0.1, 0.15) is 84.6 Å². The van der Waals surface area contributed by atoms with E-state index >= 15 is 4.39 Å². The highest BCUT2D eigenvalue weighted by Crippen LogP contribution is 2.41. The lowest BCUT2D eigenvalue weighted by Gasteiger charge is -2.30. The van der Waals surface area contributed by atoms with Crippen LogP contribution >= 0.6 is 0 Å². The number of halogens is 1. The first-order valence-corrected chi connectivity index (χ1v) is 14.1. The molecule has 2 amide bonds. The topological polar surface area (TPSA) is 153 Å². The van der Waals surface area contributed by atoms with Crippen molar-refractivity contribution in [3.63, 3.8) is 0 Å². The summed E-state index contributed by atoms with van der Waals surface area (Å²) in [4.78, 5) is 56.3. The summed E-state index contributed by atoms with van der Waals surface area (Å²) in [7, 11) is 0. The van der Waals surface area contributed by atoms with E-state index in [9.17, 15) is 24.4 Å². The zero-order valence-corrected chi connectivity index (χ0v) is 27.6. The molecule has 0 bridgehead atoms. The van der Waals surface area contributed by atoms with Crippen LogP contribution in [0.4, 0.5) is 24.6 Å². The number of hydrogen-bond acceptors (Lipinski definition) is 9. The van der Waals surface area contributed by atoms with Gasteiger partial charge in [-0.1, -0.05) is 0 Å². The minimum atomic E-state index is -1.18. The van der Waals surface area contributed by atoms with Gasteiger partial charge in [-0.15, -0.1) is 0 Å². The fraction of sp³-hybridized carbons (Fsp3) is 0.469. The Labute approximate surface area is 260 Å². The molecular formula is C32H39FN4O8. The first kappa shape index (κ1) is 34.6. The molecule has 0 fully saturated rings. The Morgan fingerprint density at radius 1 is 0.867 bits per heavy atom. The Bertz CT molecular complexity index is 1770. The molecule has 0 unspecified atom stereocenters. The van der Waals surface area contributed by atoms with Crippen LogP contribution in [0.25, 0.3) is 16.7 Å². The zero-order chi connectivity index (χ0) is 34.4. The number of hydrogen-bond donors (Lipinski definition) is 1. The Hall–Kier alpha value is -4.86. The summed E-state index contributed by atoms with van der Waals surface area (Å²) in [6.07, 6.45) is -3.54. The number of aromatic nitrogens is 2. The summed E-state index contributed by atoms with van der Waals surface area (Å²) in [5.41, 5.74) is -3.24. The number of fused-ring (bicyclic) bond motifs is 1. The smallest absolute Gasteiger partial charge is 0.443 e. The van der Waals surface area contributed by atoms with E-state index < -0.39 is 52.3 Å². The van der Waals surface area contributed by atoms with Gasteiger partial charge in [0.1, 0.15) is 34.1 Å². The first-order chi connectivity index (χ1) is 20.5. The van der Waals surface area contributed by atoms with Gasteiger partial charge < -0.3 is 23.9 Å². The number of pyridine rings is 1. The molecule has 2 aromatic heterocycles. The molecule has 2 heterocycles. The van der Waals surface area contributed by atoms with Gasteiger partial charge in [0, 0.05) is 16.5 Å². The predicted octanol–water partition coefficient (Wildman–Crippen LogP) is 7.25. The number of amides is 2. The molecule has 0 aliphatic rings. The van der Waals surface area contributed by atoms with Crippen LogP contribution in [-0.4, -0.2) is 44.7 Å². The van der Waals surface area contributed by atoms with Crippen molar-refractivity contribution in [2.45, 2.75) is 99.9 Å². The van der Waals surface area contributed by atoms with Gasteiger partial charge in [-0.2, -0.15) is 10.2 Å². The maximum Gasteiger partial charge on any atom is 0.514 e. The van der Waals surface area contributed by atoms with E-state index in [0.29, 0.717) is 4.90 Å². The monoisotopic (exact) mass is 626 g/mol. The number of nitrogens with zero attached hydrogens (tertiary/aromatic N) is 3. The average molecular weight is 627 g/mol. The minimum absolute atomic E-state index is 0.00436. The second-order valence-corrected chi connectivity index (χ2v) is 13.5. The lowest BCUT2D eigenvalue weighted by molar-refractivity contribution is 0.0195. The first-order valence-electron chi connectivity index (χ1n) is 14.1. The Morgan fingerprint density at radius 2 is 1.38 bits per heavy atom. The van der Waals surface area contributed by atoms with Crippen LogP contribution < -0.4 is 15.2 Å². The Morgan fingerprint density at radius 3 is 1.84 bits per heavy atom. The number of imide groups is 1. The molecule has 0 radical (unpaired) electrons. The van der Waals surface area contributed by atoms with E-state index in [1.54, 1.807) is 62.3 Å². The number of aryl methyl sites for hydroxylation is 2. The molecule has 13 heteroatoms. The SMILES string of the molecule is Cc1cc(F)c(OC(=O)OC(C)(C)C)c(C)c1-n1c(N(C(=O)OC(C)(C)C)C(=O)OC(C)(C)C)c(C#N)c2cc(C)c(=O)[nH]c21. The Balaban J connectivity index is 2.54. The number of carbonyl (C=O) groups excluding carboxylic acids is 3. The number of aromatic amines is 1. The number of nitrogens with one attached hydrogen (secondary N) is 1. The van der Waals surface area contributed by atoms with E-state index in [-0.39, 0.29) is 44.8 Å².